The van der Waals surface area contributed by atoms with Crippen molar-refractivity contribution in [3.8, 4) is 17.5 Å². The van der Waals surface area contributed by atoms with Gasteiger partial charge in [-0.2, -0.15) is 4.98 Å². The average Bonchev–Trinajstić information content (AvgIpc) is 2.73. The van der Waals surface area contributed by atoms with E-state index in [0.29, 0.717) is 17.0 Å². The van der Waals surface area contributed by atoms with Crippen LogP contribution in [0.5, 0.6) is 17.5 Å². The number of benzene rings is 2. The van der Waals surface area contributed by atoms with E-state index < -0.39 is 6.36 Å². The standard InChI is InChI=1S/C21H15F3N4O2/c1-28(16-4-8-18(9-5-16)30-21(22,23)24)15-2-6-17(7-3-15)29-20-26-12-14-10-11-25-13-19(14)27-20/h2-13H,1H3. The minimum absolute atomic E-state index is 0.205. The molecule has 0 aliphatic rings. The van der Waals surface area contributed by atoms with Crippen LogP contribution in [0.1, 0.15) is 0 Å². The second-order valence-corrected chi connectivity index (χ2v) is 6.28. The second-order valence-electron chi connectivity index (χ2n) is 6.28. The van der Waals surface area contributed by atoms with Crippen LogP contribution in [0.25, 0.3) is 10.9 Å². The van der Waals surface area contributed by atoms with Crippen LogP contribution < -0.4 is 14.4 Å². The fraction of sp³-hybridized carbons (Fsp3) is 0.0952. The van der Waals surface area contributed by atoms with Crippen molar-refractivity contribution in [2.24, 2.45) is 0 Å². The van der Waals surface area contributed by atoms with Gasteiger partial charge in [0.1, 0.15) is 11.5 Å². The molecule has 4 rings (SSSR count). The number of aromatic nitrogens is 3. The normalized spacial score (nSPS) is 11.3. The van der Waals surface area contributed by atoms with Gasteiger partial charge in [-0.15, -0.1) is 13.2 Å². The molecule has 0 atom stereocenters. The summed E-state index contributed by atoms with van der Waals surface area (Å²) in [5, 5.41) is 0.862. The molecule has 0 unspecified atom stereocenters. The molecule has 2 aromatic heterocycles. The van der Waals surface area contributed by atoms with Gasteiger partial charge in [0.05, 0.1) is 11.7 Å². The molecule has 0 spiro atoms. The molecule has 0 bridgehead atoms. The van der Waals surface area contributed by atoms with Crippen LogP contribution in [-0.2, 0) is 0 Å². The van der Waals surface area contributed by atoms with E-state index in [9.17, 15) is 13.2 Å². The number of hydrogen-bond acceptors (Lipinski definition) is 6. The third kappa shape index (κ3) is 4.57. The Morgan fingerprint density at radius 2 is 1.47 bits per heavy atom. The topological polar surface area (TPSA) is 60.4 Å². The molecular weight excluding hydrogens is 397 g/mol. The Morgan fingerprint density at radius 3 is 2.10 bits per heavy atom. The van der Waals surface area contributed by atoms with E-state index in [1.807, 2.05) is 23.1 Å². The van der Waals surface area contributed by atoms with E-state index in [4.69, 9.17) is 4.74 Å². The summed E-state index contributed by atoms with van der Waals surface area (Å²) in [4.78, 5) is 14.3. The van der Waals surface area contributed by atoms with E-state index >= 15 is 0 Å². The van der Waals surface area contributed by atoms with Gasteiger partial charge < -0.3 is 14.4 Å². The number of fused-ring (bicyclic) bond motifs is 1. The monoisotopic (exact) mass is 412 g/mol. The zero-order chi connectivity index (χ0) is 21.1. The number of hydrogen-bond donors (Lipinski definition) is 0. The first kappa shape index (κ1) is 19.4. The van der Waals surface area contributed by atoms with Gasteiger partial charge in [-0.05, 0) is 54.6 Å². The lowest BCUT2D eigenvalue weighted by molar-refractivity contribution is -0.274. The minimum Gasteiger partial charge on any atom is -0.424 e. The van der Waals surface area contributed by atoms with Crippen molar-refractivity contribution >= 4 is 22.3 Å². The van der Waals surface area contributed by atoms with Crippen LogP contribution >= 0.6 is 0 Å². The summed E-state index contributed by atoms with van der Waals surface area (Å²) in [6.45, 7) is 0. The number of nitrogens with zero attached hydrogens (tertiary/aromatic N) is 4. The Morgan fingerprint density at radius 1 is 0.833 bits per heavy atom. The molecular formula is C21H15F3N4O2. The van der Waals surface area contributed by atoms with E-state index in [1.165, 1.54) is 12.1 Å². The Balaban J connectivity index is 1.45. The fourth-order valence-electron chi connectivity index (χ4n) is 2.77. The predicted octanol–water partition coefficient (Wildman–Crippen LogP) is 5.48. The summed E-state index contributed by atoms with van der Waals surface area (Å²) in [7, 11) is 1.80. The summed E-state index contributed by atoms with van der Waals surface area (Å²) in [6, 6.07) is 14.8. The summed E-state index contributed by atoms with van der Waals surface area (Å²) in [5.74, 6) is 0.276. The van der Waals surface area contributed by atoms with Crippen molar-refractivity contribution in [3.05, 3.63) is 73.2 Å². The fourth-order valence-corrected chi connectivity index (χ4v) is 2.77. The molecule has 0 aliphatic carbocycles. The zero-order valence-corrected chi connectivity index (χ0v) is 15.7. The lowest BCUT2D eigenvalue weighted by atomic mass is 10.2. The van der Waals surface area contributed by atoms with Crippen LogP contribution in [0.15, 0.2) is 73.2 Å². The highest BCUT2D eigenvalue weighted by Crippen LogP contribution is 2.30. The highest BCUT2D eigenvalue weighted by molar-refractivity contribution is 5.76. The van der Waals surface area contributed by atoms with Gasteiger partial charge in [-0.3, -0.25) is 4.98 Å². The van der Waals surface area contributed by atoms with Crippen LogP contribution in [0.2, 0.25) is 0 Å². The molecule has 0 amide bonds. The summed E-state index contributed by atoms with van der Waals surface area (Å²) < 4.78 is 46.4. The lowest BCUT2D eigenvalue weighted by Crippen LogP contribution is -2.17. The van der Waals surface area contributed by atoms with Crippen LogP contribution in [0.4, 0.5) is 24.5 Å². The molecule has 0 saturated heterocycles. The van der Waals surface area contributed by atoms with E-state index in [0.717, 1.165) is 11.1 Å². The summed E-state index contributed by atoms with van der Waals surface area (Å²) >= 11 is 0. The van der Waals surface area contributed by atoms with Gasteiger partial charge in [0.2, 0.25) is 0 Å². The Hall–Kier alpha value is -3.88. The number of rotatable bonds is 5. The van der Waals surface area contributed by atoms with Gasteiger partial charge in [0.15, 0.2) is 0 Å². The van der Waals surface area contributed by atoms with E-state index in [-0.39, 0.29) is 11.8 Å². The van der Waals surface area contributed by atoms with Crippen LogP contribution in [-0.4, -0.2) is 28.4 Å². The molecule has 2 heterocycles. The first-order valence-corrected chi connectivity index (χ1v) is 8.82. The maximum Gasteiger partial charge on any atom is 0.573 e. The average molecular weight is 412 g/mol. The number of ether oxygens (including phenoxy) is 2. The largest absolute Gasteiger partial charge is 0.573 e. The predicted molar refractivity (Wildman–Crippen MR) is 105 cm³/mol. The molecule has 0 saturated carbocycles. The van der Waals surface area contributed by atoms with Crippen molar-refractivity contribution in [2.45, 2.75) is 6.36 Å². The number of anilines is 2. The van der Waals surface area contributed by atoms with Crippen molar-refractivity contribution in [1.82, 2.24) is 15.0 Å². The maximum atomic E-state index is 12.3. The molecule has 0 N–H and O–H groups in total. The smallest absolute Gasteiger partial charge is 0.424 e. The van der Waals surface area contributed by atoms with E-state index in [2.05, 4.69) is 19.7 Å². The Kier molecular flexibility index (Phi) is 5.09. The molecule has 30 heavy (non-hydrogen) atoms. The third-order valence-corrected chi connectivity index (χ3v) is 4.25. The molecule has 0 radical (unpaired) electrons. The van der Waals surface area contributed by atoms with Crippen LogP contribution in [0.3, 0.4) is 0 Å². The summed E-state index contributed by atoms with van der Waals surface area (Å²) in [5.41, 5.74) is 2.19. The van der Waals surface area contributed by atoms with E-state index in [1.54, 1.807) is 49.9 Å². The Labute approximate surface area is 169 Å². The third-order valence-electron chi connectivity index (χ3n) is 4.25. The maximum absolute atomic E-state index is 12.3. The van der Waals surface area contributed by atoms with Crippen molar-refractivity contribution in [1.29, 1.82) is 0 Å². The van der Waals surface area contributed by atoms with Crippen molar-refractivity contribution in [2.75, 3.05) is 11.9 Å². The summed E-state index contributed by atoms with van der Waals surface area (Å²) in [6.07, 6.45) is 0.244. The van der Waals surface area contributed by atoms with Gasteiger partial charge in [-0.25, -0.2) is 4.98 Å². The van der Waals surface area contributed by atoms with Gasteiger partial charge in [0.25, 0.3) is 0 Å². The lowest BCUT2D eigenvalue weighted by Gasteiger charge is -2.20. The second kappa shape index (κ2) is 7.86. The minimum atomic E-state index is -4.71. The number of halogens is 3. The van der Waals surface area contributed by atoms with Gasteiger partial charge in [-0.1, -0.05) is 0 Å². The Bertz CT molecular complexity index is 1150. The highest BCUT2D eigenvalue weighted by Gasteiger charge is 2.31. The number of alkyl halides is 3. The first-order valence-electron chi connectivity index (χ1n) is 8.82. The SMILES string of the molecule is CN(c1ccc(Oc2ncc3ccncc3n2)cc1)c1ccc(OC(F)(F)F)cc1. The first-order chi connectivity index (χ1) is 14.4. The molecule has 4 aromatic rings. The molecule has 0 fully saturated rings. The quantitative estimate of drug-likeness (QED) is 0.432. The molecule has 2 aromatic carbocycles. The van der Waals surface area contributed by atoms with Gasteiger partial charge >= 0.3 is 12.4 Å². The molecule has 152 valence electrons. The highest BCUT2D eigenvalue weighted by atomic mass is 19.4. The number of pyridine rings is 1. The van der Waals surface area contributed by atoms with Crippen molar-refractivity contribution in [3.63, 3.8) is 0 Å². The molecule has 6 nitrogen and oxygen atoms in total. The zero-order valence-electron chi connectivity index (χ0n) is 15.7. The van der Waals surface area contributed by atoms with Crippen molar-refractivity contribution < 1.29 is 22.6 Å². The van der Waals surface area contributed by atoms with Crippen LogP contribution in [0, 0.1) is 0 Å². The molecule has 9 heteroatoms. The molecule has 0 aliphatic heterocycles. The van der Waals surface area contributed by atoms with Gasteiger partial charge in [0, 0.05) is 36.2 Å².